The molecule has 0 N–H and O–H groups in total. The first-order valence-electron chi connectivity index (χ1n) is 8.35. The van der Waals surface area contributed by atoms with E-state index in [9.17, 15) is 0 Å². The van der Waals surface area contributed by atoms with Gasteiger partial charge in [-0.15, -0.1) is 5.10 Å². The van der Waals surface area contributed by atoms with E-state index < -0.39 is 0 Å². The molecular formula is C17H21N7. The Kier molecular flexibility index (Phi) is 4.08. The summed E-state index contributed by atoms with van der Waals surface area (Å²) >= 11 is 0. The van der Waals surface area contributed by atoms with Crippen molar-refractivity contribution in [2.75, 3.05) is 6.54 Å². The van der Waals surface area contributed by atoms with Crippen LogP contribution in [0.4, 0.5) is 0 Å². The highest BCUT2D eigenvalue weighted by Gasteiger charge is 2.27. The number of hydrogen-bond acceptors (Lipinski definition) is 5. The predicted molar refractivity (Wildman–Crippen MR) is 89.6 cm³/mol. The van der Waals surface area contributed by atoms with Gasteiger partial charge in [0.05, 0.1) is 25.0 Å². The topological polar surface area (TPSA) is 64.7 Å². The van der Waals surface area contributed by atoms with E-state index in [1.54, 1.807) is 0 Å². The molecule has 124 valence electrons. The Morgan fingerprint density at radius 3 is 2.88 bits per heavy atom. The maximum atomic E-state index is 4.42. The molecule has 0 aliphatic carbocycles. The van der Waals surface area contributed by atoms with Gasteiger partial charge in [-0.05, 0) is 54.4 Å². The van der Waals surface area contributed by atoms with Gasteiger partial charge in [0.15, 0.2) is 5.82 Å². The molecule has 1 aromatic carbocycles. The summed E-state index contributed by atoms with van der Waals surface area (Å²) < 4.78 is 3.87. The zero-order valence-corrected chi connectivity index (χ0v) is 13.8. The Balaban J connectivity index is 1.50. The molecule has 0 spiro atoms. The number of likely N-dealkylation sites (tertiary alicyclic amines) is 1. The molecule has 2 aromatic heterocycles. The minimum atomic E-state index is 0.477. The zero-order valence-electron chi connectivity index (χ0n) is 13.8. The number of tetrazole rings is 1. The predicted octanol–water partition coefficient (Wildman–Crippen LogP) is 1.83. The van der Waals surface area contributed by atoms with Crippen LogP contribution in [-0.2, 0) is 13.1 Å². The van der Waals surface area contributed by atoms with Crippen LogP contribution in [0.15, 0.2) is 42.7 Å². The molecule has 1 fully saturated rings. The molecule has 1 saturated heterocycles. The Bertz CT molecular complexity index is 792. The van der Waals surface area contributed by atoms with E-state index in [-0.39, 0.29) is 0 Å². The van der Waals surface area contributed by atoms with Crippen LogP contribution >= 0.6 is 0 Å². The zero-order chi connectivity index (χ0) is 16.4. The molecule has 7 heteroatoms. The number of nitrogens with zero attached hydrogens (tertiary/aromatic N) is 7. The molecule has 7 nitrogen and oxygen atoms in total. The summed E-state index contributed by atoms with van der Waals surface area (Å²) in [6, 6.07) is 10.5. The molecule has 3 heterocycles. The van der Waals surface area contributed by atoms with Crippen LogP contribution in [0.2, 0.25) is 0 Å². The van der Waals surface area contributed by atoms with Gasteiger partial charge < -0.3 is 0 Å². The van der Waals surface area contributed by atoms with E-state index in [1.807, 2.05) is 45.9 Å². The van der Waals surface area contributed by atoms with Crippen LogP contribution in [0, 0.1) is 6.92 Å². The smallest absolute Gasteiger partial charge is 0.170 e. The van der Waals surface area contributed by atoms with Gasteiger partial charge in [-0.25, -0.2) is 0 Å². The SMILES string of the molecule is Cc1cnn(C[C@H]2CCCN2Cc2nnnn2-c2ccccc2)c1. The van der Waals surface area contributed by atoms with Crippen molar-refractivity contribution >= 4 is 0 Å². The summed E-state index contributed by atoms with van der Waals surface area (Å²) in [4.78, 5) is 2.46. The van der Waals surface area contributed by atoms with E-state index in [0.717, 1.165) is 31.1 Å². The Labute approximate surface area is 140 Å². The lowest BCUT2D eigenvalue weighted by molar-refractivity contribution is 0.212. The molecule has 3 aromatic rings. The van der Waals surface area contributed by atoms with Crippen LogP contribution in [0.5, 0.6) is 0 Å². The number of benzene rings is 1. The molecule has 0 bridgehead atoms. The Hall–Kier alpha value is -2.54. The lowest BCUT2D eigenvalue weighted by Crippen LogP contribution is -2.33. The van der Waals surface area contributed by atoms with Crippen LogP contribution in [0.25, 0.3) is 5.69 Å². The molecule has 24 heavy (non-hydrogen) atoms. The summed E-state index contributed by atoms with van der Waals surface area (Å²) in [5.41, 5.74) is 2.20. The van der Waals surface area contributed by atoms with Crippen LogP contribution in [0.3, 0.4) is 0 Å². The Morgan fingerprint density at radius 1 is 1.21 bits per heavy atom. The quantitative estimate of drug-likeness (QED) is 0.717. The number of aromatic nitrogens is 6. The second-order valence-electron chi connectivity index (χ2n) is 6.35. The van der Waals surface area contributed by atoms with E-state index in [0.29, 0.717) is 6.04 Å². The minimum absolute atomic E-state index is 0.477. The van der Waals surface area contributed by atoms with Crippen LogP contribution < -0.4 is 0 Å². The first-order chi connectivity index (χ1) is 11.8. The highest BCUT2D eigenvalue weighted by Crippen LogP contribution is 2.21. The van der Waals surface area contributed by atoms with Crippen molar-refractivity contribution in [1.29, 1.82) is 0 Å². The first-order valence-corrected chi connectivity index (χ1v) is 8.35. The fourth-order valence-electron chi connectivity index (χ4n) is 3.35. The molecule has 0 radical (unpaired) electrons. The minimum Gasteiger partial charge on any atom is -0.291 e. The summed E-state index contributed by atoms with van der Waals surface area (Å²) in [5.74, 6) is 0.879. The number of hydrogen-bond donors (Lipinski definition) is 0. The summed E-state index contributed by atoms with van der Waals surface area (Å²) in [6.45, 7) is 4.82. The monoisotopic (exact) mass is 323 g/mol. The van der Waals surface area contributed by atoms with Crippen molar-refractivity contribution in [2.45, 2.75) is 38.9 Å². The summed E-state index contributed by atoms with van der Waals surface area (Å²) in [7, 11) is 0. The van der Waals surface area contributed by atoms with Gasteiger partial charge in [-0.2, -0.15) is 9.78 Å². The molecule has 0 saturated carbocycles. The van der Waals surface area contributed by atoms with E-state index >= 15 is 0 Å². The molecular weight excluding hydrogens is 302 g/mol. The lowest BCUT2D eigenvalue weighted by atomic mass is 10.2. The van der Waals surface area contributed by atoms with Crippen molar-refractivity contribution in [2.24, 2.45) is 0 Å². The van der Waals surface area contributed by atoms with E-state index in [2.05, 4.69) is 38.6 Å². The van der Waals surface area contributed by atoms with Gasteiger partial charge in [0.1, 0.15) is 0 Å². The number of rotatable bonds is 5. The fourth-order valence-corrected chi connectivity index (χ4v) is 3.35. The fraction of sp³-hybridized carbons (Fsp3) is 0.412. The molecule has 4 rings (SSSR count). The average Bonchev–Trinajstić information content (AvgIpc) is 3.32. The van der Waals surface area contributed by atoms with Crippen molar-refractivity contribution in [1.82, 2.24) is 34.9 Å². The van der Waals surface area contributed by atoms with Gasteiger partial charge in [-0.3, -0.25) is 9.58 Å². The molecule has 0 unspecified atom stereocenters. The normalized spacial score (nSPS) is 18.3. The van der Waals surface area contributed by atoms with Crippen LogP contribution in [-0.4, -0.2) is 47.5 Å². The van der Waals surface area contributed by atoms with E-state index in [4.69, 9.17) is 0 Å². The van der Waals surface area contributed by atoms with Crippen molar-refractivity contribution in [3.8, 4) is 5.69 Å². The third-order valence-corrected chi connectivity index (χ3v) is 4.54. The van der Waals surface area contributed by atoms with Crippen LogP contribution in [0.1, 0.15) is 24.2 Å². The second-order valence-corrected chi connectivity index (χ2v) is 6.35. The van der Waals surface area contributed by atoms with E-state index in [1.165, 1.54) is 18.4 Å². The third-order valence-electron chi connectivity index (χ3n) is 4.54. The molecule has 0 amide bonds. The van der Waals surface area contributed by atoms with Gasteiger partial charge >= 0.3 is 0 Å². The van der Waals surface area contributed by atoms with Gasteiger partial charge in [0, 0.05) is 12.2 Å². The van der Waals surface area contributed by atoms with Crippen molar-refractivity contribution < 1.29 is 0 Å². The first kappa shape index (κ1) is 15.0. The highest BCUT2D eigenvalue weighted by molar-refractivity contribution is 5.30. The maximum absolute atomic E-state index is 4.42. The maximum Gasteiger partial charge on any atom is 0.170 e. The van der Waals surface area contributed by atoms with Gasteiger partial charge in [0.2, 0.25) is 0 Å². The average molecular weight is 323 g/mol. The number of para-hydroxylation sites is 1. The number of aryl methyl sites for hydroxylation is 1. The van der Waals surface area contributed by atoms with Gasteiger partial charge in [-0.1, -0.05) is 18.2 Å². The van der Waals surface area contributed by atoms with Crippen molar-refractivity contribution in [3.63, 3.8) is 0 Å². The third kappa shape index (κ3) is 3.07. The highest BCUT2D eigenvalue weighted by atomic mass is 15.5. The second kappa shape index (κ2) is 6.52. The molecule has 1 atom stereocenters. The summed E-state index contributed by atoms with van der Waals surface area (Å²) in [6.07, 6.45) is 6.41. The molecule has 1 aliphatic heterocycles. The summed E-state index contributed by atoms with van der Waals surface area (Å²) in [5, 5.41) is 16.7. The lowest BCUT2D eigenvalue weighted by Gasteiger charge is -2.23. The standard InChI is InChI=1S/C17H21N7/c1-14-10-18-23(11-14)12-16-8-5-9-22(16)13-17-19-20-21-24(17)15-6-3-2-4-7-15/h2-4,6-7,10-11,16H,5,8-9,12-13H2,1H3/t16-/m1/s1. The Morgan fingerprint density at radius 2 is 2.08 bits per heavy atom. The van der Waals surface area contributed by atoms with Crippen molar-refractivity contribution in [3.05, 3.63) is 54.1 Å². The molecule has 1 aliphatic rings. The largest absolute Gasteiger partial charge is 0.291 e. The van der Waals surface area contributed by atoms with Gasteiger partial charge in [0.25, 0.3) is 0 Å².